The lowest BCUT2D eigenvalue weighted by molar-refractivity contribution is 0.415. The van der Waals surface area contributed by atoms with Crippen molar-refractivity contribution in [3.63, 3.8) is 0 Å². The van der Waals surface area contributed by atoms with Crippen molar-refractivity contribution >= 4 is 23.0 Å². The third-order valence-electron chi connectivity index (χ3n) is 3.49. The van der Waals surface area contributed by atoms with Crippen LogP contribution in [-0.4, -0.2) is 30.2 Å². The molecule has 1 N–H and O–H groups in total. The molecule has 0 saturated carbocycles. The number of methoxy groups -OCH3 is 1. The normalized spacial score (nSPS) is 15.8. The third-order valence-corrected chi connectivity index (χ3v) is 3.85. The maximum absolute atomic E-state index is 5.53. The zero-order valence-electron chi connectivity index (χ0n) is 11.7. The van der Waals surface area contributed by atoms with Crippen molar-refractivity contribution in [3.05, 3.63) is 23.8 Å². The molecule has 1 saturated heterocycles. The zero-order chi connectivity index (χ0) is 13.7. The predicted molar refractivity (Wildman–Crippen MR) is 84.0 cm³/mol. The average Bonchev–Trinajstić information content (AvgIpc) is 2.68. The highest BCUT2D eigenvalue weighted by atomic mass is 32.1. The molecule has 0 amide bonds. The maximum Gasteiger partial charge on any atom is 0.173 e. The van der Waals surface area contributed by atoms with E-state index in [9.17, 15) is 0 Å². The van der Waals surface area contributed by atoms with Crippen molar-refractivity contribution in [1.29, 1.82) is 0 Å². The molecular weight excluding hydrogens is 256 g/mol. The van der Waals surface area contributed by atoms with E-state index < -0.39 is 0 Å². The Hall–Kier alpha value is -1.29. The minimum atomic E-state index is 0.811. The molecule has 104 valence electrons. The first-order chi connectivity index (χ1) is 9.20. The maximum atomic E-state index is 5.53. The number of ether oxygens (including phenoxy) is 1. The van der Waals surface area contributed by atoms with E-state index in [0.717, 1.165) is 29.6 Å². The van der Waals surface area contributed by atoms with Crippen molar-refractivity contribution in [2.45, 2.75) is 32.6 Å². The Labute approximate surface area is 120 Å². The molecule has 4 heteroatoms. The summed E-state index contributed by atoms with van der Waals surface area (Å²) in [6.07, 6.45) is 5.08. The molecule has 0 unspecified atom stereocenters. The number of anilines is 1. The molecule has 1 aliphatic rings. The molecule has 1 aromatic carbocycles. The van der Waals surface area contributed by atoms with Gasteiger partial charge in [0.05, 0.1) is 12.8 Å². The second-order valence-electron chi connectivity index (χ2n) is 5.04. The van der Waals surface area contributed by atoms with Crippen molar-refractivity contribution in [2.75, 3.05) is 25.5 Å². The van der Waals surface area contributed by atoms with Gasteiger partial charge in [0, 0.05) is 13.1 Å². The van der Waals surface area contributed by atoms with Gasteiger partial charge in [-0.1, -0.05) is 18.9 Å². The van der Waals surface area contributed by atoms with E-state index in [1.807, 2.05) is 12.1 Å². The van der Waals surface area contributed by atoms with E-state index >= 15 is 0 Å². The number of rotatable bonds is 2. The fourth-order valence-corrected chi connectivity index (χ4v) is 2.68. The monoisotopic (exact) mass is 278 g/mol. The Balaban J connectivity index is 2.07. The predicted octanol–water partition coefficient (Wildman–Crippen LogP) is 3.58. The Morgan fingerprint density at radius 1 is 1.21 bits per heavy atom. The topological polar surface area (TPSA) is 24.5 Å². The van der Waals surface area contributed by atoms with E-state index in [1.54, 1.807) is 7.11 Å². The molecule has 1 heterocycles. The van der Waals surface area contributed by atoms with E-state index in [1.165, 1.54) is 31.2 Å². The molecule has 2 rings (SSSR count). The lowest BCUT2D eigenvalue weighted by Gasteiger charge is -2.24. The van der Waals surface area contributed by atoms with Crippen LogP contribution < -0.4 is 10.1 Å². The van der Waals surface area contributed by atoms with Crippen LogP contribution in [0.2, 0.25) is 0 Å². The summed E-state index contributed by atoms with van der Waals surface area (Å²) in [6.45, 7) is 4.18. The van der Waals surface area contributed by atoms with Crippen LogP contribution in [0.5, 0.6) is 5.75 Å². The van der Waals surface area contributed by atoms with Crippen LogP contribution in [0.1, 0.15) is 31.2 Å². The highest BCUT2D eigenvalue weighted by Gasteiger charge is 2.13. The van der Waals surface area contributed by atoms with Gasteiger partial charge in [-0.3, -0.25) is 0 Å². The van der Waals surface area contributed by atoms with Crippen LogP contribution in [0.15, 0.2) is 18.2 Å². The summed E-state index contributed by atoms with van der Waals surface area (Å²) in [5.41, 5.74) is 2.15. The average molecular weight is 278 g/mol. The summed E-state index contributed by atoms with van der Waals surface area (Å²) < 4.78 is 5.37. The first-order valence-electron chi connectivity index (χ1n) is 6.91. The SMILES string of the molecule is COc1ccc(C)cc1NC(=S)N1CCCCCC1. The molecular formula is C15H22N2OS. The van der Waals surface area contributed by atoms with Gasteiger partial charge in [0.1, 0.15) is 5.75 Å². The van der Waals surface area contributed by atoms with Crippen molar-refractivity contribution in [3.8, 4) is 5.75 Å². The van der Waals surface area contributed by atoms with Crippen molar-refractivity contribution < 1.29 is 4.74 Å². The van der Waals surface area contributed by atoms with Crippen molar-refractivity contribution in [2.24, 2.45) is 0 Å². The van der Waals surface area contributed by atoms with Crippen LogP contribution in [-0.2, 0) is 0 Å². The van der Waals surface area contributed by atoms with Gasteiger partial charge in [-0.25, -0.2) is 0 Å². The number of hydrogen-bond acceptors (Lipinski definition) is 2. The quantitative estimate of drug-likeness (QED) is 0.836. The molecule has 1 aliphatic heterocycles. The molecule has 3 nitrogen and oxygen atoms in total. The number of hydrogen-bond donors (Lipinski definition) is 1. The van der Waals surface area contributed by atoms with Gasteiger partial charge in [0.2, 0.25) is 0 Å². The van der Waals surface area contributed by atoms with E-state index in [4.69, 9.17) is 17.0 Å². The largest absolute Gasteiger partial charge is 0.495 e. The molecule has 0 aliphatic carbocycles. The minimum absolute atomic E-state index is 0.811. The third kappa shape index (κ3) is 3.83. The number of nitrogens with zero attached hydrogens (tertiary/aromatic N) is 1. The summed E-state index contributed by atoms with van der Waals surface area (Å²) in [7, 11) is 1.69. The molecule has 0 spiro atoms. The minimum Gasteiger partial charge on any atom is -0.495 e. The van der Waals surface area contributed by atoms with Gasteiger partial charge < -0.3 is 15.0 Å². The van der Waals surface area contributed by atoms with Gasteiger partial charge in [-0.15, -0.1) is 0 Å². The van der Waals surface area contributed by atoms with Gasteiger partial charge in [-0.2, -0.15) is 0 Å². The smallest absolute Gasteiger partial charge is 0.173 e. The van der Waals surface area contributed by atoms with Crippen molar-refractivity contribution in [1.82, 2.24) is 4.90 Å². The lowest BCUT2D eigenvalue weighted by atomic mass is 10.2. The van der Waals surface area contributed by atoms with Crippen LogP contribution in [0.3, 0.4) is 0 Å². The van der Waals surface area contributed by atoms with Crippen LogP contribution in [0.25, 0.3) is 0 Å². The van der Waals surface area contributed by atoms with Crippen LogP contribution in [0.4, 0.5) is 5.69 Å². The Morgan fingerprint density at radius 3 is 2.53 bits per heavy atom. The highest BCUT2D eigenvalue weighted by Crippen LogP contribution is 2.25. The number of nitrogens with one attached hydrogen (secondary N) is 1. The molecule has 1 aromatic rings. The first kappa shape index (κ1) is 14.1. The second kappa shape index (κ2) is 6.75. The van der Waals surface area contributed by atoms with Gasteiger partial charge >= 0.3 is 0 Å². The summed E-state index contributed by atoms with van der Waals surface area (Å²) in [4.78, 5) is 2.27. The van der Waals surface area contributed by atoms with Gasteiger partial charge in [0.15, 0.2) is 5.11 Å². The number of aryl methyl sites for hydroxylation is 1. The lowest BCUT2D eigenvalue weighted by Crippen LogP contribution is -2.35. The zero-order valence-corrected chi connectivity index (χ0v) is 12.6. The Kier molecular flexibility index (Phi) is 5.02. The van der Waals surface area contributed by atoms with Crippen LogP contribution >= 0.6 is 12.2 Å². The van der Waals surface area contributed by atoms with E-state index in [0.29, 0.717) is 0 Å². The number of thiocarbonyl (C=S) groups is 1. The molecule has 19 heavy (non-hydrogen) atoms. The number of benzene rings is 1. The molecule has 0 bridgehead atoms. The Bertz CT molecular complexity index is 440. The first-order valence-corrected chi connectivity index (χ1v) is 7.32. The fourth-order valence-electron chi connectivity index (χ4n) is 2.39. The molecule has 0 aromatic heterocycles. The summed E-state index contributed by atoms with van der Waals surface area (Å²) in [5.74, 6) is 0.836. The van der Waals surface area contributed by atoms with Gasteiger partial charge in [-0.05, 0) is 49.7 Å². The summed E-state index contributed by atoms with van der Waals surface area (Å²) in [5, 5.41) is 4.14. The Morgan fingerprint density at radius 2 is 1.89 bits per heavy atom. The van der Waals surface area contributed by atoms with E-state index in [2.05, 4.69) is 23.2 Å². The standard InChI is InChI=1S/C15H22N2OS/c1-12-7-8-14(18-2)13(11-12)16-15(19)17-9-5-3-4-6-10-17/h7-8,11H,3-6,9-10H2,1-2H3,(H,16,19). The fraction of sp³-hybridized carbons (Fsp3) is 0.533. The van der Waals surface area contributed by atoms with Gasteiger partial charge in [0.25, 0.3) is 0 Å². The van der Waals surface area contributed by atoms with E-state index in [-0.39, 0.29) is 0 Å². The second-order valence-corrected chi connectivity index (χ2v) is 5.42. The molecule has 0 radical (unpaired) electrons. The molecule has 1 fully saturated rings. The highest BCUT2D eigenvalue weighted by molar-refractivity contribution is 7.80. The molecule has 0 atom stereocenters. The number of likely N-dealkylation sites (tertiary alicyclic amines) is 1. The summed E-state index contributed by atoms with van der Waals surface area (Å²) >= 11 is 5.53. The van der Waals surface area contributed by atoms with Crippen LogP contribution in [0, 0.1) is 6.92 Å². The summed E-state index contributed by atoms with van der Waals surface area (Å²) in [6, 6.07) is 6.09.